The van der Waals surface area contributed by atoms with Crippen molar-refractivity contribution in [2.24, 2.45) is 10.4 Å². The molecule has 1 aromatic rings. The van der Waals surface area contributed by atoms with Crippen LogP contribution in [0.4, 0.5) is 4.39 Å². The zero-order valence-corrected chi connectivity index (χ0v) is 13.6. The van der Waals surface area contributed by atoms with Crippen molar-refractivity contribution in [3.63, 3.8) is 0 Å². The van der Waals surface area contributed by atoms with Crippen molar-refractivity contribution in [2.45, 2.75) is 39.8 Å². The molecule has 0 aromatic heterocycles. The van der Waals surface area contributed by atoms with Gasteiger partial charge in [0, 0.05) is 11.8 Å². The molecule has 2 rings (SSSR count). The summed E-state index contributed by atoms with van der Waals surface area (Å²) in [4.78, 5) is 4.58. The van der Waals surface area contributed by atoms with Crippen molar-refractivity contribution in [1.82, 2.24) is 5.32 Å². The summed E-state index contributed by atoms with van der Waals surface area (Å²) in [6, 6.07) is 5.19. The number of amidine groups is 1. The van der Waals surface area contributed by atoms with E-state index in [1.807, 2.05) is 0 Å². The lowest BCUT2D eigenvalue weighted by molar-refractivity contribution is 0.290. The predicted octanol–water partition coefficient (Wildman–Crippen LogP) is 4.48. The number of rotatable bonds is 2. The van der Waals surface area contributed by atoms with E-state index in [1.165, 1.54) is 6.07 Å². The van der Waals surface area contributed by atoms with Gasteiger partial charge in [-0.15, -0.1) is 0 Å². The van der Waals surface area contributed by atoms with E-state index in [0.717, 1.165) is 22.9 Å². The van der Waals surface area contributed by atoms with Gasteiger partial charge < -0.3 is 5.32 Å². The van der Waals surface area contributed by atoms with E-state index >= 15 is 0 Å². The largest absolute Gasteiger partial charge is 0.362 e. The first kappa shape index (κ1) is 15.6. The fraction of sp³-hybridized carbons (Fsp3) is 0.533. The summed E-state index contributed by atoms with van der Waals surface area (Å²) >= 11 is 7.52. The monoisotopic (exact) mass is 314 g/mol. The van der Waals surface area contributed by atoms with E-state index in [2.05, 4.69) is 31.1 Å². The number of hydrogen-bond donors (Lipinski definition) is 1. The fourth-order valence-corrected chi connectivity index (χ4v) is 3.21. The fourth-order valence-electron chi connectivity index (χ4n) is 2.08. The van der Waals surface area contributed by atoms with Gasteiger partial charge in [0.15, 0.2) is 5.17 Å². The molecule has 1 heterocycles. The van der Waals surface area contributed by atoms with Crippen LogP contribution in [0.3, 0.4) is 0 Å². The van der Waals surface area contributed by atoms with Crippen molar-refractivity contribution in [2.75, 3.05) is 5.75 Å². The Bertz CT molecular complexity index is 511. The molecule has 2 nitrogen and oxygen atoms in total. The number of benzene rings is 1. The zero-order chi connectivity index (χ0) is 14.8. The van der Waals surface area contributed by atoms with Crippen molar-refractivity contribution in [3.05, 3.63) is 34.6 Å². The molecule has 0 amide bonds. The summed E-state index contributed by atoms with van der Waals surface area (Å²) < 4.78 is 13.1. The molecule has 0 aliphatic carbocycles. The van der Waals surface area contributed by atoms with Crippen LogP contribution in [0, 0.1) is 11.2 Å². The van der Waals surface area contributed by atoms with Crippen molar-refractivity contribution in [3.8, 4) is 0 Å². The molecule has 0 saturated carbocycles. The van der Waals surface area contributed by atoms with Gasteiger partial charge in [-0.2, -0.15) is 0 Å². The molecule has 5 heteroatoms. The molecular formula is C15H20ClFN2S. The van der Waals surface area contributed by atoms with Crippen LogP contribution in [-0.4, -0.2) is 17.0 Å². The van der Waals surface area contributed by atoms with Crippen LogP contribution >= 0.6 is 23.4 Å². The van der Waals surface area contributed by atoms with Crippen molar-refractivity contribution >= 4 is 28.5 Å². The van der Waals surface area contributed by atoms with Gasteiger partial charge in [-0.25, -0.2) is 4.39 Å². The van der Waals surface area contributed by atoms with Gasteiger partial charge in [0.05, 0.1) is 11.6 Å². The molecule has 1 unspecified atom stereocenters. The van der Waals surface area contributed by atoms with E-state index in [9.17, 15) is 4.39 Å². The minimum atomic E-state index is -0.388. The molecular weight excluding hydrogens is 295 g/mol. The molecule has 0 spiro atoms. The smallest absolute Gasteiger partial charge is 0.157 e. The van der Waals surface area contributed by atoms with Gasteiger partial charge in [-0.3, -0.25) is 4.99 Å². The Morgan fingerprint density at radius 3 is 2.85 bits per heavy atom. The molecule has 1 aliphatic rings. The zero-order valence-electron chi connectivity index (χ0n) is 12.0. The molecule has 1 atom stereocenters. The van der Waals surface area contributed by atoms with Crippen LogP contribution < -0.4 is 5.32 Å². The number of aliphatic imine (C=N–C) groups is 1. The SMILES string of the molecule is CC(C)(C)C1CCSC(=NCc2ccc(F)c(Cl)c2)N1. The Morgan fingerprint density at radius 1 is 1.45 bits per heavy atom. The van der Waals surface area contributed by atoms with Gasteiger partial charge in [-0.05, 0) is 29.5 Å². The normalized spacial score (nSPS) is 21.9. The second kappa shape index (κ2) is 6.35. The average Bonchev–Trinajstić information content (AvgIpc) is 2.39. The lowest BCUT2D eigenvalue weighted by Crippen LogP contribution is -2.46. The summed E-state index contributed by atoms with van der Waals surface area (Å²) in [6.07, 6.45) is 1.15. The van der Waals surface area contributed by atoms with Crippen LogP contribution in [0.25, 0.3) is 0 Å². The summed E-state index contributed by atoms with van der Waals surface area (Å²) in [5.74, 6) is 0.693. The molecule has 1 fully saturated rings. The maximum absolute atomic E-state index is 13.1. The van der Waals surface area contributed by atoms with E-state index < -0.39 is 0 Å². The third kappa shape index (κ3) is 4.13. The lowest BCUT2D eigenvalue weighted by Gasteiger charge is -2.35. The van der Waals surface area contributed by atoms with E-state index in [0.29, 0.717) is 12.6 Å². The third-order valence-corrected chi connectivity index (χ3v) is 4.63. The van der Waals surface area contributed by atoms with E-state index in [1.54, 1.807) is 23.9 Å². The first-order valence-corrected chi connectivity index (χ1v) is 8.10. The molecule has 1 N–H and O–H groups in total. The molecule has 1 aliphatic heterocycles. The van der Waals surface area contributed by atoms with Gasteiger partial charge >= 0.3 is 0 Å². The van der Waals surface area contributed by atoms with Gasteiger partial charge in [0.25, 0.3) is 0 Å². The van der Waals surface area contributed by atoms with Gasteiger partial charge in [0.1, 0.15) is 5.82 Å². The highest BCUT2D eigenvalue weighted by atomic mass is 35.5. The van der Waals surface area contributed by atoms with Crippen molar-refractivity contribution in [1.29, 1.82) is 0 Å². The lowest BCUT2D eigenvalue weighted by atomic mass is 9.85. The van der Waals surface area contributed by atoms with Crippen LogP contribution in [0.1, 0.15) is 32.8 Å². The number of halogens is 2. The molecule has 1 saturated heterocycles. The molecule has 20 heavy (non-hydrogen) atoms. The Morgan fingerprint density at radius 2 is 2.20 bits per heavy atom. The van der Waals surface area contributed by atoms with E-state index in [4.69, 9.17) is 11.6 Å². The topological polar surface area (TPSA) is 24.4 Å². The summed E-state index contributed by atoms with van der Waals surface area (Å²) in [6.45, 7) is 7.22. The Kier molecular flexibility index (Phi) is 4.97. The molecule has 0 radical (unpaired) electrons. The summed E-state index contributed by atoms with van der Waals surface area (Å²) in [5.41, 5.74) is 1.14. The first-order valence-electron chi connectivity index (χ1n) is 6.74. The van der Waals surface area contributed by atoms with E-state index in [-0.39, 0.29) is 16.3 Å². The maximum Gasteiger partial charge on any atom is 0.157 e. The second-order valence-electron chi connectivity index (χ2n) is 6.07. The second-order valence-corrected chi connectivity index (χ2v) is 7.56. The summed E-state index contributed by atoms with van der Waals surface area (Å²) in [5, 5.41) is 4.62. The summed E-state index contributed by atoms with van der Waals surface area (Å²) in [7, 11) is 0. The Hall–Kier alpha value is -0.740. The minimum absolute atomic E-state index is 0.152. The number of nitrogens with zero attached hydrogens (tertiary/aromatic N) is 1. The highest BCUT2D eigenvalue weighted by molar-refractivity contribution is 8.13. The predicted molar refractivity (Wildman–Crippen MR) is 86.0 cm³/mol. The minimum Gasteiger partial charge on any atom is -0.362 e. The Balaban J connectivity index is 2.02. The number of hydrogen-bond acceptors (Lipinski definition) is 2. The number of nitrogens with one attached hydrogen (secondary N) is 1. The highest BCUT2D eigenvalue weighted by Crippen LogP contribution is 2.27. The van der Waals surface area contributed by atoms with Crippen LogP contribution in [0.2, 0.25) is 5.02 Å². The van der Waals surface area contributed by atoms with Gasteiger partial charge in [-0.1, -0.05) is 50.2 Å². The molecule has 110 valence electrons. The van der Waals surface area contributed by atoms with Crippen LogP contribution in [0.15, 0.2) is 23.2 Å². The Labute approximate surface area is 129 Å². The van der Waals surface area contributed by atoms with Crippen molar-refractivity contribution < 1.29 is 4.39 Å². The van der Waals surface area contributed by atoms with Gasteiger partial charge in [0.2, 0.25) is 0 Å². The number of thioether (sulfide) groups is 1. The standard InChI is InChI=1S/C15H20ClFN2S/c1-15(2,3)13-6-7-20-14(19-13)18-9-10-4-5-12(17)11(16)8-10/h4-5,8,13H,6-7,9H2,1-3H3,(H,18,19). The van der Waals surface area contributed by atoms with Crippen LogP contribution in [0.5, 0.6) is 0 Å². The first-order chi connectivity index (χ1) is 9.36. The quantitative estimate of drug-likeness (QED) is 0.870. The third-order valence-electron chi connectivity index (χ3n) is 3.38. The highest BCUT2D eigenvalue weighted by Gasteiger charge is 2.28. The molecule has 0 bridgehead atoms. The van der Waals surface area contributed by atoms with Crippen LogP contribution in [-0.2, 0) is 6.54 Å². The average molecular weight is 315 g/mol. The molecule has 1 aromatic carbocycles. The maximum atomic E-state index is 13.1.